The lowest BCUT2D eigenvalue weighted by Crippen LogP contribution is -2.17. The predicted molar refractivity (Wildman–Crippen MR) is 206 cm³/mol. The Bertz CT molecular complexity index is 2210. The SMILES string of the molecule is COCCn1c(C(=O)O)cc2cc(C)cc(NC(=O)c3[nH]c4c(C(C(C)=NN)=C(C)N)c(Cl)ccc4c3CCCOc3cc(C)c(Cl)c(C)c3)c21. The number of carbonyl (C=O) groups is 2. The zero-order valence-corrected chi connectivity index (χ0v) is 31.0. The Labute approximate surface area is 306 Å². The third-order valence-corrected chi connectivity index (χ3v) is 9.74. The number of aryl methyl sites for hydroxylation is 4. The molecule has 0 saturated heterocycles. The molecule has 2 heterocycles. The average molecular weight is 734 g/mol. The van der Waals surface area contributed by atoms with Crippen LogP contribution < -0.4 is 21.6 Å². The van der Waals surface area contributed by atoms with Gasteiger partial charge < -0.3 is 41.0 Å². The number of amides is 1. The Kier molecular flexibility index (Phi) is 11.3. The highest BCUT2D eigenvalue weighted by atomic mass is 35.5. The zero-order valence-electron chi connectivity index (χ0n) is 29.5. The van der Waals surface area contributed by atoms with Gasteiger partial charge in [-0.3, -0.25) is 4.79 Å². The molecule has 0 atom stereocenters. The summed E-state index contributed by atoms with van der Waals surface area (Å²) in [7, 11) is 1.55. The first kappa shape index (κ1) is 37.3. The molecule has 13 heteroatoms. The second-order valence-corrected chi connectivity index (χ2v) is 13.4. The van der Waals surface area contributed by atoms with E-state index in [9.17, 15) is 14.7 Å². The van der Waals surface area contributed by atoms with E-state index < -0.39 is 11.9 Å². The van der Waals surface area contributed by atoms with E-state index in [1.165, 1.54) is 0 Å². The summed E-state index contributed by atoms with van der Waals surface area (Å²) in [6.07, 6.45) is 1.04. The van der Waals surface area contributed by atoms with Gasteiger partial charge in [-0.2, -0.15) is 5.10 Å². The van der Waals surface area contributed by atoms with Crippen LogP contribution in [0.15, 0.2) is 53.3 Å². The average Bonchev–Trinajstić information content (AvgIpc) is 3.64. The van der Waals surface area contributed by atoms with E-state index in [0.717, 1.165) is 27.6 Å². The number of rotatable bonds is 13. The molecule has 0 spiro atoms. The fraction of sp³-hybridized carbons (Fsp3) is 0.289. The predicted octanol–water partition coefficient (Wildman–Crippen LogP) is 7.99. The molecule has 0 saturated carbocycles. The summed E-state index contributed by atoms with van der Waals surface area (Å²) in [6, 6.07) is 12.8. The van der Waals surface area contributed by atoms with Crippen LogP contribution in [-0.4, -0.2) is 52.6 Å². The Morgan fingerprint density at radius 2 is 1.75 bits per heavy atom. The van der Waals surface area contributed by atoms with Gasteiger partial charge in [-0.15, -0.1) is 0 Å². The van der Waals surface area contributed by atoms with Gasteiger partial charge in [0.2, 0.25) is 0 Å². The highest BCUT2D eigenvalue weighted by Gasteiger charge is 2.25. The molecule has 0 radical (unpaired) electrons. The maximum absolute atomic E-state index is 14.4. The van der Waals surface area contributed by atoms with Gasteiger partial charge in [0, 0.05) is 46.3 Å². The molecule has 0 aliphatic heterocycles. The topological polar surface area (TPSA) is 170 Å². The molecule has 0 bridgehead atoms. The number of halogens is 2. The molecule has 0 unspecified atom stereocenters. The van der Waals surface area contributed by atoms with Crippen LogP contribution in [0.25, 0.3) is 27.4 Å². The maximum atomic E-state index is 14.4. The third kappa shape index (κ3) is 7.56. The summed E-state index contributed by atoms with van der Waals surface area (Å²) in [6.45, 7) is 10.2. The first-order valence-electron chi connectivity index (χ1n) is 16.4. The van der Waals surface area contributed by atoms with Gasteiger partial charge in [-0.05, 0) is 106 Å². The van der Waals surface area contributed by atoms with E-state index >= 15 is 0 Å². The van der Waals surface area contributed by atoms with Gasteiger partial charge in [0.1, 0.15) is 17.1 Å². The van der Waals surface area contributed by atoms with E-state index in [0.29, 0.717) is 85.6 Å². The molecule has 1 amide bonds. The van der Waals surface area contributed by atoms with Gasteiger partial charge in [-0.1, -0.05) is 29.3 Å². The van der Waals surface area contributed by atoms with Crippen LogP contribution in [0.1, 0.15) is 69.1 Å². The van der Waals surface area contributed by atoms with Gasteiger partial charge in [-0.25, -0.2) is 4.79 Å². The number of nitrogens with zero attached hydrogens (tertiary/aromatic N) is 2. The number of anilines is 1. The number of fused-ring (bicyclic) bond motifs is 2. The number of carboxylic acid groups (broad SMARTS) is 1. The number of allylic oxidation sites excluding steroid dienone is 2. The molecule has 5 aromatic rings. The first-order valence-corrected chi connectivity index (χ1v) is 17.1. The van der Waals surface area contributed by atoms with Crippen LogP contribution in [0.5, 0.6) is 5.75 Å². The molecule has 7 N–H and O–H groups in total. The molecule has 2 aromatic heterocycles. The number of carbonyl (C=O) groups excluding carboxylic acids is 1. The van der Waals surface area contributed by atoms with E-state index in [1.807, 2.05) is 51.1 Å². The number of benzene rings is 3. The lowest BCUT2D eigenvalue weighted by molar-refractivity contribution is 0.0683. The number of carboxylic acids is 1. The van der Waals surface area contributed by atoms with Crippen molar-refractivity contribution in [2.75, 3.05) is 25.6 Å². The number of nitrogens with one attached hydrogen (secondary N) is 2. The Balaban J connectivity index is 1.61. The minimum atomic E-state index is -1.08. The lowest BCUT2D eigenvalue weighted by Gasteiger charge is -2.14. The standard InChI is InChI=1S/C38H42Cl2N6O5/c1-19-14-24-18-30(38(48)49)46(11-13-50-6)36(24)29(15-19)43-37(47)35-26(8-7-12-51-25-16-20(2)33(40)21(3)17-25)27-9-10-28(39)32(34(27)44-35)31(22(4)41)23(5)45-42/h9-10,14-18,44H,7-8,11-13,41-42H2,1-6H3,(H,43,47)(H,48,49). The normalized spacial score (nSPS) is 12.4. The van der Waals surface area contributed by atoms with Crippen molar-refractivity contribution in [3.05, 3.63) is 97.4 Å². The van der Waals surface area contributed by atoms with E-state index in [2.05, 4.69) is 15.4 Å². The highest BCUT2D eigenvalue weighted by molar-refractivity contribution is 6.38. The molecule has 51 heavy (non-hydrogen) atoms. The van der Waals surface area contributed by atoms with Gasteiger partial charge in [0.15, 0.2) is 0 Å². The summed E-state index contributed by atoms with van der Waals surface area (Å²) in [5.41, 5.74) is 13.9. The number of H-pyrrole nitrogens is 1. The molecule has 11 nitrogen and oxygen atoms in total. The van der Waals surface area contributed by atoms with Crippen molar-refractivity contribution in [1.82, 2.24) is 9.55 Å². The van der Waals surface area contributed by atoms with Crippen LogP contribution in [0.4, 0.5) is 5.69 Å². The fourth-order valence-electron chi connectivity index (χ4n) is 6.58. The zero-order chi connectivity index (χ0) is 37.1. The minimum absolute atomic E-state index is 0.0909. The van der Waals surface area contributed by atoms with Crippen LogP contribution in [0.2, 0.25) is 10.0 Å². The Morgan fingerprint density at radius 1 is 1.04 bits per heavy atom. The number of methoxy groups -OCH3 is 1. The molecule has 268 valence electrons. The van der Waals surface area contributed by atoms with Crippen molar-refractivity contribution in [2.45, 2.75) is 54.0 Å². The molecular formula is C38H42Cl2N6O5. The van der Waals surface area contributed by atoms with Crippen molar-refractivity contribution in [2.24, 2.45) is 16.7 Å². The van der Waals surface area contributed by atoms with E-state index in [-0.39, 0.29) is 18.8 Å². The molecule has 5 rings (SSSR count). The monoisotopic (exact) mass is 732 g/mol. The second-order valence-electron chi connectivity index (χ2n) is 12.6. The van der Waals surface area contributed by atoms with Gasteiger partial charge in [0.25, 0.3) is 5.91 Å². The van der Waals surface area contributed by atoms with Crippen molar-refractivity contribution in [3.8, 4) is 5.75 Å². The molecule has 0 fully saturated rings. The van der Waals surface area contributed by atoms with E-state index in [4.69, 9.17) is 44.3 Å². The minimum Gasteiger partial charge on any atom is -0.494 e. The second kappa shape index (κ2) is 15.5. The maximum Gasteiger partial charge on any atom is 0.352 e. The molecular weight excluding hydrogens is 691 g/mol. The third-order valence-electron chi connectivity index (χ3n) is 8.83. The number of hydrazone groups is 1. The van der Waals surface area contributed by atoms with Gasteiger partial charge >= 0.3 is 5.97 Å². The van der Waals surface area contributed by atoms with Crippen molar-refractivity contribution in [3.63, 3.8) is 0 Å². The van der Waals surface area contributed by atoms with Crippen molar-refractivity contribution >= 4 is 73.9 Å². The van der Waals surface area contributed by atoms with Crippen molar-refractivity contribution in [1.29, 1.82) is 0 Å². The van der Waals surface area contributed by atoms with Gasteiger partial charge in [0.05, 0.1) is 40.7 Å². The lowest BCUT2D eigenvalue weighted by atomic mass is 9.96. The van der Waals surface area contributed by atoms with Crippen molar-refractivity contribution < 1.29 is 24.2 Å². The highest BCUT2D eigenvalue weighted by Crippen LogP contribution is 2.37. The summed E-state index contributed by atoms with van der Waals surface area (Å²) < 4.78 is 13.0. The van der Waals surface area contributed by atoms with Crippen LogP contribution in [0, 0.1) is 20.8 Å². The number of aromatic amines is 1. The largest absolute Gasteiger partial charge is 0.494 e. The van der Waals surface area contributed by atoms with Crippen LogP contribution >= 0.6 is 23.2 Å². The number of aromatic nitrogens is 2. The molecule has 0 aliphatic rings. The number of ether oxygens (including phenoxy) is 2. The number of hydrogen-bond acceptors (Lipinski definition) is 7. The summed E-state index contributed by atoms with van der Waals surface area (Å²) in [4.78, 5) is 30.0. The number of aromatic carboxylic acids is 1. The number of nitrogens with two attached hydrogens (primary N) is 2. The fourth-order valence-corrected chi connectivity index (χ4v) is 6.94. The van der Waals surface area contributed by atoms with Crippen LogP contribution in [0.3, 0.4) is 0 Å². The molecule has 3 aromatic carbocycles. The summed E-state index contributed by atoms with van der Waals surface area (Å²) in [5, 5.41) is 19.5. The Hall–Kier alpha value is -4.97. The quantitative estimate of drug-likeness (QED) is 0.0354. The first-order chi connectivity index (χ1) is 24.3. The van der Waals surface area contributed by atoms with Crippen LogP contribution in [-0.2, 0) is 17.7 Å². The molecule has 0 aliphatic carbocycles. The van der Waals surface area contributed by atoms with E-state index in [1.54, 1.807) is 37.7 Å². The smallest absolute Gasteiger partial charge is 0.352 e. The Morgan fingerprint density at radius 3 is 2.37 bits per heavy atom. The summed E-state index contributed by atoms with van der Waals surface area (Å²) >= 11 is 13.2. The summed E-state index contributed by atoms with van der Waals surface area (Å²) in [5.74, 6) is 4.91. The number of hydrogen-bond donors (Lipinski definition) is 5.